The summed E-state index contributed by atoms with van der Waals surface area (Å²) in [5, 5.41) is 2.82. The number of hydrogen-bond acceptors (Lipinski definition) is 4. The third-order valence-electron chi connectivity index (χ3n) is 2.90. The van der Waals surface area contributed by atoms with Crippen molar-refractivity contribution in [2.45, 2.75) is 26.8 Å². The van der Waals surface area contributed by atoms with Gasteiger partial charge in [-0.05, 0) is 38.5 Å². The van der Waals surface area contributed by atoms with E-state index >= 15 is 0 Å². The van der Waals surface area contributed by atoms with E-state index in [1.807, 2.05) is 26.8 Å². The van der Waals surface area contributed by atoms with Gasteiger partial charge in [-0.3, -0.25) is 4.79 Å². The molecule has 1 unspecified atom stereocenters. The van der Waals surface area contributed by atoms with Gasteiger partial charge >= 0.3 is 0 Å². The molecule has 0 aliphatic carbocycles. The van der Waals surface area contributed by atoms with Gasteiger partial charge in [-0.2, -0.15) is 0 Å². The number of nitrogen functional groups attached to an aromatic ring is 1. The van der Waals surface area contributed by atoms with Gasteiger partial charge in [0.05, 0.1) is 6.20 Å². The van der Waals surface area contributed by atoms with E-state index in [1.165, 1.54) is 0 Å². The minimum atomic E-state index is -0.288. The second-order valence-corrected chi connectivity index (χ2v) is 4.58. The molecule has 0 aliphatic heterocycles. The van der Waals surface area contributed by atoms with Gasteiger partial charge < -0.3 is 15.5 Å². The lowest BCUT2D eigenvalue weighted by Crippen LogP contribution is -2.26. The van der Waals surface area contributed by atoms with Crippen LogP contribution in [0.1, 0.15) is 40.5 Å². The minimum Gasteiger partial charge on any atom is -0.444 e. The highest BCUT2D eigenvalue weighted by molar-refractivity contribution is 5.95. The summed E-state index contributed by atoms with van der Waals surface area (Å²) in [4.78, 5) is 16.2. The number of aromatic nitrogens is 1. The normalized spacial score (nSPS) is 12.2. The molecule has 19 heavy (non-hydrogen) atoms. The second-order valence-electron chi connectivity index (χ2n) is 4.58. The quantitative estimate of drug-likeness (QED) is 0.829. The summed E-state index contributed by atoms with van der Waals surface area (Å²) < 4.78 is 5.37. The molecule has 0 bridgehead atoms. The molecule has 1 aromatic carbocycles. The lowest BCUT2D eigenvalue weighted by Gasteiger charge is -2.11. The van der Waals surface area contributed by atoms with Crippen molar-refractivity contribution in [2.24, 2.45) is 0 Å². The molecule has 0 aliphatic rings. The van der Waals surface area contributed by atoms with Crippen LogP contribution < -0.4 is 11.1 Å². The molecule has 1 aromatic heterocycles. The number of carbonyl (C=O) groups is 1. The van der Waals surface area contributed by atoms with E-state index in [4.69, 9.17) is 10.2 Å². The molecule has 1 atom stereocenters. The number of rotatable bonds is 3. The Kier molecular flexibility index (Phi) is 3.55. The highest BCUT2D eigenvalue weighted by Crippen LogP contribution is 2.15. The van der Waals surface area contributed by atoms with E-state index in [0.29, 0.717) is 17.1 Å². The SMILES string of the molecule is Cc1cnc(C(C)NC(=O)c2ccc(C)c(N)c2)o1. The predicted octanol–water partition coefficient (Wildman–Crippen LogP) is 2.36. The van der Waals surface area contributed by atoms with Crippen LogP contribution >= 0.6 is 0 Å². The van der Waals surface area contributed by atoms with Gasteiger partial charge in [0.25, 0.3) is 5.91 Å². The molecule has 1 amide bonds. The molecule has 2 rings (SSSR count). The highest BCUT2D eigenvalue weighted by Gasteiger charge is 2.15. The molecular weight excluding hydrogens is 242 g/mol. The molecule has 2 aromatic rings. The average molecular weight is 259 g/mol. The zero-order valence-electron chi connectivity index (χ0n) is 11.2. The van der Waals surface area contributed by atoms with Crippen LogP contribution in [-0.4, -0.2) is 10.9 Å². The first-order valence-corrected chi connectivity index (χ1v) is 6.06. The Hall–Kier alpha value is -2.30. The summed E-state index contributed by atoms with van der Waals surface area (Å²) in [5.74, 6) is 1.01. The lowest BCUT2D eigenvalue weighted by atomic mass is 10.1. The van der Waals surface area contributed by atoms with Gasteiger partial charge in [-0.15, -0.1) is 0 Å². The zero-order chi connectivity index (χ0) is 14.0. The fraction of sp³-hybridized carbons (Fsp3) is 0.286. The van der Waals surface area contributed by atoms with Crippen LogP contribution in [0.3, 0.4) is 0 Å². The molecular formula is C14H17N3O2. The van der Waals surface area contributed by atoms with Crippen LogP contribution in [0.2, 0.25) is 0 Å². The average Bonchev–Trinajstić information content (AvgIpc) is 2.79. The van der Waals surface area contributed by atoms with Crippen molar-refractivity contribution in [3.63, 3.8) is 0 Å². The number of nitrogens with two attached hydrogens (primary N) is 1. The van der Waals surface area contributed by atoms with E-state index in [9.17, 15) is 4.79 Å². The number of nitrogens with one attached hydrogen (secondary N) is 1. The summed E-state index contributed by atoms with van der Waals surface area (Å²) in [6.45, 7) is 5.53. The van der Waals surface area contributed by atoms with Gasteiger partial charge in [0.2, 0.25) is 5.89 Å². The summed E-state index contributed by atoms with van der Waals surface area (Å²) in [6, 6.07) is 4.94. The molecule has 100 valence electrons. The monoisotopic (exact) mass is 259 g/mol. The number of hydrogen-bond donors (Lipinski definition) is 2. The Labute approximate surface area is 111 Å². The number of amides is 1. The Bertz CT molecular complexity index is 604. The van der Waals surface area contributed by atoms with Crippen LogP contribution in [0.25, 0.3) is 0 Å². The van der Waals surface area contributed by atoms with Gasteiger partial charge in [0.15, 0.2) is 0 Å². The van der Waals surface area contributed by atoms with Gasteiger partial charge in [-0.1, -0.05) is 6.07 Å². The fourth-order valence-corrected chi connectivity index (χ4v) is 1.70. The smallest absolute Gasteiger partial charge is 0.251 e. The van der Waals surface area contributed by atoms with Crippen molar-refractivity contribution in [1.29, 1.82) is 0 Å². The van der Waals surface area contributed by atoms with E-state index in [2.05, 4.69) is 10.3 Å². The van der Waals surface area contributed by atoms with Crippen LogP contribution in [-0.2, 0) is 0 Å². The van der Waals surface area contributed by atoms with Crippen LogP contribution in [0, 0.1) is 13.8 Å². The topological polar surface area (TPSA) is 81.2 Å². The maximum Gasteiger partial charge on any atom is 0.251 e. The molecule has 0 saturated heterocycles. The third kappa shape index (κ3) is 2.93. The van der Waals surface area contributed by atoms with Gasteiger partial charge in [-0.25, -0.2) is 4.98 Å². The maximum atomic E-state index is 12.1. The van der Waals surface area contributed by atoms with Crippen molar-refractivity contribution in [3.05, 3.63) is 47.2 Å². The van der Waals surface area contributed by atoms with E-state index in [0.717, 1.165) is 11.3 Å². The maximum absolute atomic E-state index is 12.1. The van der Waals surface area contributed by atoms with Gasteiger partial charge in [0, 0.05) is 11.3 Å². The van der Waals surface area contributed by atoms with Crippen molar-refractivity contribution in [1.82, 2.24) is 10.3 Å². The number of carbonyl (C=O) groups excluding carboxylic acids is 1. The molecule has 5 nitrogen and oxygen atoms in total. The number of benzene rings is 1. The number of anilines is 1. The van der Waals surface area contributed by atoms with Crippen molar-refractivity contribution >= 4 is 11.6 Å². The Morgan fingerprint density at radius 2 is 2.16 bits per heavy atom. The molecule has 0 radical (unpaired) electrons. The summed E-state index contributed by atoms with van der Waals surface area (Å²) in [6.07, 6.45) is 1.63. The van der Waals surface area contributed by atoms with Crippen LogP contribution in [0.15, 0.2) is 28.8 Å². The van der Waals surface area contributed by atoms with Crippen LogP contribution in [0.4, 0.5) is 5.69 Å². The molecule has 5 heteroatoms. The van der Waals surface area contributed by atoms with E-state index in [-0.39, 0.29) is 11.9 Å². The first-order chi connectivity index (χ1) is 8.97. The number of aryl methyl sites for hydroxylation is 2. The van der Waals surface area contributed by atoms with Crippen molar-refractivity contribution in [2.75, 3.05) is 5.73 Å². The zero-order valence-corrected chi connectivity index (χ0v) is 11.2. The molecule has 0 fully saturated rings. The van der Waals surface area contributed by atoms with Gasteiger partial charge in [0.1, 0.15) is 11.8 Å². The van der Waals surface area contributed by atoms with E-state index < -0.39 is 0 Å². The first kappa shape index (κ1) is 13.1. The Morgan fingerprint density at radius 3 is 2.74 bits per heavy atom. The lowest BCUT2D eigenvalue weighted by molar-refractivity contribution is 0.0934. The summed E-state index contributed by atoms with van der Waals surface area (Å²) in [7, 11) is 0. The summed E-state index contributed by atoms with van der Waals surface area (Å²) >= 11 is 0. The number of oxazole rings is 1. The Morgan fingerprint density at radius 1 is 1.42 bits per heavy atom. The molecule has 3 N–H and O–H groups in total. The molecule has 0 spiro atoms. The standard InChI is InChI=1S/C14H17N3O2/c1-8-4-5-11(6-12(8)15)13(18)17-10(3)14-16-7-9(2)19-14/h4-7,10H,15H2,1-3H3,(H,17,18). The van der Waals surface area contributed by atoms with Crippen molar-refractivity contribution < 1.29 is 9.21 Å². The fourth-order valence-electron chi connectivity index (χ4n) is 1.70. The third-order valence-corrected chi connectivity index (χ3v) is 2.90. The summed E-state index contributed by atoms with van der Waals surface area (Å²) in [5.41, 5.74) is 7.87. The first-order valence-electron chi connectivity index (χ1n) is 6.06. The number of nitrogens with zero attached hydrogens (tertiary/aromatic N) is 1. The predicted molar refractivity (Wildman–Crippen MR) is 72.7 cm³/mol. The van der Waals surface area contributed by atoms with E-state index in [1.54, 1.807) is 18.3 Å². The Balaban J connectivity index is 2.10. The molecule has 0 saturated carbocycles. The minimum absolute atomic E-state index is 0.199. The second kappa shape index (κ2) is 5.14. The largest absolute Gasteiger partial charge is 0.444 e. The van der Waals surface area contributed by atoms with Crippen molar-refractivity contribution in [3.8, 4) is 0 Å². The van der Waals surface area contributed by atoms with Crippen LogP contribution in [0.5, 0.6) is 0 Å². The highest BCUT2D eigenvalue weighted by atomic mass is 16.4. The molecule has 1 heterocycles.